The Bertz CT molecular complexity index is 367. The van der Waals surface area contributed by atoms with Crippen molar-refractivity contribution in [1.29, 1.82) is 0 Å². The minimum atomic E-state index is 0.220. The molecule has 0 bridgehead atoms. The number of hydrogen-bond donors (Lipinski definition) is 2. The van der Waals surface area contributed by atoms with E-state index in [0.29, 0.717) is 16.4 Å². The molecule has 1 aromatic rings. The zero-order valence-electron chi connectivity index (χ0n) is 9.82. The van der Waals surface area contributed by atoms with Crippen LogP contribution in [0.2, 0.25) is 5.15 Å². The number of nitrogens with one attached hydrogen (secondary N) is 1. The zero-order valence-corrected chi connectivity index (χ0v) is 11.4. The van der Waals surface area contributed by atoms with Gasteiger partial charge in [0.25, 0.3) is 0 Å². The van der Waals surface area contributed by atoms with E-state index in [0.717, 1.165) is 11.6 Å². The molecule has 6 heteroatoms. The summed E-state index contributed by atoms with van der Waals surface area (Å²) >= 11 is 7.86. The fourth-order valence-electron chi connectivity index (χ4n) is 2.20. The van der Waals surface area contributed by atoms with Gasteiger partial charge in [0.05, 0.1) is 0 Å². The molecule has 0 radical (unpaired) electrons. The first-order chi connectivity index (χ1) is 8.19. The van der Waals surface area contributed by atoms with Crippen LogP contribution in [0.15, 0.2) is 6.07 Å². The lowest BCUT2D eigenvalue weighted by atomic mass is 10.2. The highest BCUT2D eigenvalue weighted by Crippen LogP contribution is 2.32. The van der Waals surface area contributed by atoms with Crippen molar-refractivity contribution in [2.75, 3.05) is 16.8 Å². The smallest absolute Gasteiger partial charge is 0.223 e. The number of hydrogen-bond acceptors (Lipinski definition) is 5. The van der Waals surface area contributed by atoms with Gasteiger partial charge in [-0.25, -0.2) is 4.98 Å². The van der Waals surface area contributed by atoms with Gasteiger partial charge in [-0.1, -0.05) is 24.9 Å². The lowest BCUT2D eigenvalue weighted by Crippen LogP contribution is -2.26. The van der Waals surface area contributed by atoms with Crippen LogP contribution in [0, 0.1) is 0 Å². The van der Waals surface area contributed by atoms with E-state index in [1.165, 1.54) is 19.3 Å². The van der Waals surface area contributed by atoms with Gasteiger partial charge in [-0.15, -0.1) is 0 Å². The Hall–Kier alpha value is -0.680. The first-order valence-corrected chi connectivity index (χ1v) is 7.30. The van der Waals surface area contributed by atoms with E-state index in [1.807, 2.05) is 11.8 Å². The lowest BCUT2D eigenvalue weighted by Gasteiger charge is -2.20. The van der Waals surface area contributed by atoms with Gasteiger partial charge in [0.1, 0.15) is 11.0 Å². The number of nitrogen functional groups attached to an aromatic ring is 1. The Morgan fingerprint density at radius 2 is 2.35 bits per heavy atom. The van der Waals surface area contributed by atoms with Gasteiger partial charge in [0.15, 0.2) is 0 Å². The number of nitrogens with two attached hydrogens (primary N) is 1. The lowest BCUT2D eigenvalue weighted by molar-refractivity contribution is 0.762. The summed E-state index contributed by atoms with van der Waals surface area (Å²) in [5.41, 5.74) is 5.58. The first kappa shape index (κ1) is 12.8. The minimum Gasteiger partial charge on any atom is -0.368 e. The molecular weight excluding hydrogens is 256 g/mol. The second-order valence-corrected chi connectivity index (χ2v) is 6.01. The van der Waals surface area contributed by atoms with Crippen LogP contribution in [0.25, 0.3) is 0 Å². The first-order valence-electron chi connectivity index (χ1n) is 5.87. The SMILES string of the molecule is CCSC1CCCC1Nc1cc(Cl)nc(N)n1. The van der Waals surface area contributed by atoms with E-state index in [9.17, 15) is 0 Å². The number of halogens is 1. The summed E-state index contributed by atoms with van der Waals surface area (Å²) in [5, 5.41) is 4.47. The number of anilines is 2. The van der Waals surface area contributed by atoms with E-state index < -0.39 is 0 Å². The van der Waals surface area contributed by atoms with Crippen LogP contribution in [0.4, 0.5) is 11.8 Å². The molecule has 1 aromatic heterocycles. The van der Waals surface area contributed by atoms with Crippen LogP contribution in [-0.2, 0) is 0 Å². The predicted molar refractivity (Wildman–Crippen MR) is 74.6 cm³/mol. The van der Waals surface area contributed by atoms with Crippen molar-refractivity contribution in [3.05, 3.63) is 11.2 Å². The summed E-state index contributed by atoms with van der Waals surface area (Å²) in [4.78, 5) is 8.01. The maximum atomic E-state index is 5.86. The van der Waals surface area contributed by atoms with E-state index in [-0.39, 0.29) is 5.95 Å². The fourth-order valence-corrected chi connectivity index (χ4v) is 3.59. The normalized spacial score (nSPS) is 23.9. The van der Waals surface area contributed by atoms with Crippen molar-refractivity contribution in [3.8, 4) is 0 Å². The third kappa shape index (κ3) is 3.39. The molecule has 2 rings (SSSR count). The van der Waals surface area contributed by atoms with Gasteiger partial charge >= 0.3 is 0 Å². The number of rotatable bonds is 4. The summed E-state index contributed by atoms with van der Waals surface area (Å²) in [6.45, 7) is 2.19. The Balaban J connectivity index is 2.04. The average molecular weight is 273 g/mol. The summed E-state index contributed by atoms with van der Waals surface area (Å²) in [6.07, 6.45) is 3.72. The van der Waals surface area contributed by atoms with Crippen LogP contribution < -0.4 is 11.1 Å². The maximum Gasteiger partial charge on any atom is 0.223 e. The van der Waals surface area contributed by atoms with Gasteiger partial charge in [-0.2, -0.15) is 16.7 Å². The molecule has 17 heavy (non-hydrogen) atoms. The second-order valence-electron chi connectivity index (χ2n) is 4.11. The molecule has 3 N–H and O–H groups in total. The Morgan fingerprint density at radius 3 is 3.06 bits per heavy atom. The Morgan fingerprint density at radius 1 is 1.53 bits per heavy atom. The molecule has 94 valence electrons. The molecule has 0 spiro atoms. The second kappa shape index (κ2) is 5.78. The summed E-state index contributed by atoms with van der Waals surface area (Å²) in [7, 11) is 0. The molecule has 0 aromatic carbocycles. The highest BCUT2D eigenvalue weighted by molar-refractivity contribution is 7.99. The molecular formula is C11H17ClN4S. The average Bonchev–Trinajstić information content (AvgIpc) is 2.65. The van der Waals surface area contributed by atoms with Crippen molar-refractivity contribution in [1.82, 2.24) is 9.97 Å². The van der Waals surface area contributed by atoms with Crippen LogP contribution in [0.3, 0.4) is 0 Å². The minimum absolute atomic E-state index is 0.220. The highest BCUT2D eigenvalue weighted by atomic mass is 35.5. The van der Waals surface area contributed by atoms with E-state index in [1.54, 1.807) is 6.07 Å². The van der Waals surface area contributed by atoms with Gasteiger partial charge < -0.3 is 11.1 Å². The molecule has 0 amide bonds. The van der Waals surface area contributed by atoms with E-state index in [4.69, 9.17) is 17.3 Å². The van der Waals surface area contributed by atoms with Crippen LogP contribution >= 0.6 is 23.4 Å². The fraction of sp³-hybridized carbons (Fsp3) is 0.636. The van der Waals surface area contributed by atoms with Crippen molar-refractivity contribution < 1.29 is 0 Å². The van der Waals surface area contributed by atoms with Crippen LogP contribution in [0.1, 0.15) is 26.2 Å². The topological polar surface area (TPSA) is 63.8 Å². The number of aromatic nitrogens is 2. The van der Waals surface area contributed by atoms with Gasteiger partial charge in [-0.3, -0.25) is 0 Å². The van der Waals surface area contributed by atoms with Crippen molar-refractivity contribution in [2.24, 2.45) is 0 Å². The summed E-state index contributed by atoms with van der Waals surface area (Å²) in [6, 6.07) is 2.19. The molecule has 2 unspecified atom stereocenters. The number of nitrogens with zero attached hydrogens (tertiary/aromatic N) is 2. The monoisotopic (exact) mass is 272 g/mol. The third-order valence-corrected chi connectivity index (χ3v) is 4.40. The molecule has 0 saturated heterocycles. The van der Waals surface area contributed by atoms with Crippen LogP contribution in [0.5, 0.6) is 0 Å². The zero-order chi connectivity index (χ0) is 12.3. The molecule has 2 atom stereocenters. The Kier molecular flexibility index (Phi) is 4.34. The quantitative estimate of drug-likeness (QED) is 0.825. The van der Waals surface area contributed by atoms with Crippen molar-refractivity contribution >= 4 is 35.1 Å². The molecule has 4 nitrogen and oxygen atoms in total. The predicted octanol–water partition coefficient (Wildman–Crippen LogP) is 2.80. The van der Waals surface area contributed by atoms with Crippen molar-refractivity contribution in [2.45, 2.75) is 37.5 Å². The molecule has 0 aliphatic heterocycles. The van der Waals surface area contributed by atoms with Crippen molar-refractivity contribution in [3.63, 3.8) is 0 Å². The highest BCUT2D eigenvalue weighted by Gasteiger charge is 2.27. The van der Waals surface area contributed by atoms with Gasteiger partial charge in [0.2, 0.25) is 5.95 Å². The molecule has 1 fully saturated rings. The van der Waals surface area contributed by atoms with E-state index in [2.05, 4.69) is 22.2 Å². The molecule has 1 aliphatic carbocycles. The molecule has 1 aliphatic rings. The standard InChI is InChI=1S/C11H17ClN4S/c1-2-17-8-5-3-4-7(8)14-10-6-9(12)15-11(13)16-10/h6-8H,2-5H2,1H3,(H3,13,14,15,16). The third-order valence-electron chi connectivity index (χ3n) is 2.88. The summed E-state index contributed by atoms with van der Waals surface area (Å²) < 4.78 is 0. The van der Waals surface area contributed by atoms with Gasteiger partial charge in [0, 0.05) is 17.4 Å². The maximum absolute atomic E-state index is 5.86. The largest absolute Gasteiger partial charge is 0.368 e. The Labute approximate surface area is 111 Å². The number of thioether (sulfide) groups is 1. The van der Waals surface area contributed by atoms with Gasteiger partial charge in [-0.05, 0) is 18.6 Å². The molecule has 1 heterocycles. The summed E-state index contributed by atoms with van der Waals surface area (Å²) in [5.74, 6) is 2.10. The molecule has 1 saturated carbocycles. The van der Waals surface area contributed by atoms with E-state index >= 15 is 0 Å². The van der Waals surface area contributed by atoms with Crippen LogP contribution in [-0.4, -0.2) is 27.0 Å².